The lowest BCUT2D eigenvalue weighted by molar-refractivity contribution is -0.139. The van der Waals surface area contributed by atoms with Crippen molar-refractivity contribution < 1.29 is 4.79 Å². The zero-order valence-electron chi connectivity index (χ0n) is 12.9. The normalized spacial score (nSPS) is 41.5. The van der Waals surface area contributed by atoms with Crippen molar-refractivity contribution in [2.75, 3.05) is 13.1 Å². The first-order chi connectivity index (χ1) is 9.70. The Hall–Kier alpha value is -0.570. The van der Waals surface area contributed by atoms with E-state index >= 15 is 0 Å². The molecule has 0 spiro atoms. The summed E-state index contributed by atoms with van der Waals surface area (Å²) in [5.41, 5.74) is 5.89. The first-order valence-corrected chi connectivity index (χ1v) is 8.71. The number of carbonyl (C=O) groups is 1. The van der Waals surface area contributed by atoms with Crippen LogP contribution in [0.2, 0.25) is 0 Å². The Morgan fingerprint density at radius 2 is 1.85 bits per heavy atom. The van der Waals surface area contributed by atoms with E-state index in [1.807, 2.05) is 0 Å². The molecule has 3 fully saturated rings. The van der Waals surface area contributed by atoms with Crippen molar-refractivity contribution in [3.63, 3.8) is 0 Å². The molecule has 0 aromatic heterocycles. The third-order valence-electron chi connectivity index (χ3n) is 6.30. The Bertz CT molecular complexity index is 357. The summed E-state index contributed by atoms with van der Waals surface area (Å²) in [4.78, 5) is 15.0. The molecule has 1 aliphatic heterocycles. The quantitative estimate of drug-likeness (QED) is 0.844. The van der Waals surface area contributed by atoms with Gasteiger partial charge in [-0.3, -0.25) is 4.79 Å². The maximum absolute atomic E-state index is 12.9. The molecule has 0 radical (unpaired) electrons. The number of nitrogens with two attached hydrogens (primary N) is 1. The molecule has 3 rings (SSSR count). The fraction of sp³-hybridized carbons (Fsp3) is 0.941. The number of hydrogen-bond acceptors (Lipinski definition) is 2. The van der Waals surface area contributed by atoms with Crippen LogP contribution in [0, 0.1) is 23.7 Å². The molecule has 3 heteroatoms. The van der Waals surface area contributed by atoms with Gasteiger partial charge in [0.2, 0.25) is 5.91 Å². The SMILES string of the molecule is CC1CCN(C(=O)C2CCC3CCCCC3C2)C1CN. The van der Waals surface area contributed by atoms with Gasteiger partial charge >= 0.3 is 0 Å². The minimum absolute atomic E-state index is 0.298. The Morgan fingerprint density at radius 3 is 2.60 bits per heavy atom. The van der Waals surface area contributed by atoms with Crippen LogP contribution in [0.15, 0.2) is 0 Å². The largest absolute Gasteiger partial charge is 0.338 e. The Labute approximate surface area is 123 Å². The molecule has 114 valence electrons. The van der Waals surface area contributed by atoms with Gasteiger partial charge in [0.25, 0.3) is 0 Å². The van der Waals surface area contributed by atoms with E-state index in [0.29, 0.717) is 30.3 Å². The first-order valence-electron chi connectivity index (χ1n) is 8.71. The highest BCUT2D eigenvalue weighted by atomic mass is 16.2. The molecule has 0 aromatic rings. The number of nitrogens with zero attached hydrogens (tertiary/aromatic N) is 1. The summed E-state index contributed by atoms with van der Waals surface area (Å²) in [6.45, 7) is 3.81. The van der Waals surface area contributed by atoms with Crippen molar-refractivity contribution in [1.82, 2.24) is 4.90 Å². The molecule has 3 aliphatic rings. The molecule has 1 saturated heterocycles. The predicted octanol–water partition coefficient (Wildman–Crippen LogP) is 2.79. The summed E-state index contributed by atoms with van der Waals surface area (Å²) in [7, 11) is 0. The molecule has 1 heterocycles. The lowest BCUT2D eigenvalue weighted by Crippen LogP contribution is -2.46. The van der Waals surface area contributed by atoms with Crippen LogP contribution < -0.4 is 5.73 Å². The molecule has 2 aliphatic carbocycles. The summed E-state index contributed by atoms with van der Waals surface area (Å²) in [5.74, 6) is 3.07. The lowest BCUT2D eigenvalue weighted by Gasteiger charge is -2.40. The number of hydrogen-bond donors (Lipinski definition) is 1. The van der Waals surface area contributed by atoms with Gasteiger partial charge in [-0.25, -0.2) is 0 Å². The molecule has 0 aromatic carbocycles. The zero-order valence-corrected chi connectivity index (χ0v) is 12.9. The van der Waals surface area contributed by atoms with Crippen molar-refractivity contribution in [2.45, 2.75) is 64.3 Å². The number of fused-ring (bicyclic) bond motifs is 1. The second kappa shape index (κ2) is 6.05. The van der Waals surface area contributed by atoms with Gasteiger partial charge in [-0.15, -0.1) is 0 Å². The van der Waals surface area contributed by atoms with E-state index in [1.165, 1.54) is 32.1 Å². The number of likely N-dealkylation sites (tertiary alicyclic amines) is 1. The first kappa shape index (κ1) is 14.4. The van der Waals surface area contributed by atoms with Crippen molar-refractivity contribution >= 4 is 5.91 Å². The average Bonchev–Trinajstić information content (AvgIpc) is 2.86. The Balaban J connectivity index is 1.63. The molecule has 2 saturated carbocycles. The summed E-state index contributed by atoms with van der Waals surface area (Å²) in [5, 5.41) is 0. The van der Waals surface area contributed by atoms with Crippen LogP contribution in [-0.4, -0.2) is 29.9 Å². The standard InChI is InChI=1S/C17H30N2O/c1-12-8-9-19(16(12)11-18)17(20)15-7-6-13-4-2-3-5-14(13)10-15/h12-16H,2-11,18H2,1H3. The van der Waals surface area contributed by atoms with Crippen LogP contribution in [0.4, 0.5) is 0 Å². The van der Waals surface area contributed by atoms with Gasteiger partial charge in [0.15, 0.2) is 0 Å². The lowest BCUT2D eigenvalue weighted by atomic mass is 9.67. The summed E-state index contributed by atoms with van der Waals surface area (Å²) in [6.07, 6.45) is 10.3. The van der Waals surface area contributed by atoms with E-state index in [1.54, 1.807) is 0 Å². The van der Waals surface area contributed by atoms with Gasteiger partial charge < -0.3 is 10.6 Å². The molecular weight excluding hydrogens is 248 g/mol. The number of carbonyl (C=O) groups excluding carboxylic acids is 1. The van der Waals surface area contributed by atoms with Crippen molar-refractivity contribution in [3.05, 3.63) is 0 Å². The van der Waals surface area contributed by atoms with Crippen LogP contribution in [0.25, 0.3) is 0 Å². The van der Waals surface area contributed by atoms with E-state index in [0.717, 1.165) is 37.6 Å². The van der Waals surface area contributed by atoms with E-state index in [9.17, 15) is 4.79 Å². The number of rotatable bonds is 2. The van der Waals surface area contributed by atoms with Crippen LogP contribution in [0.3, 0.4) is 0 Å². The minimum atomic E-state index is 0.298. The summed E-state index contributed by atoms with van der Waals surface area (Å²) in [6, 6.07) is 0.298. The number of amides is 1. The maximum atomic E-state index is 12.9. The monoisotopic (exact) mass is 278 g/mol. The molecule has 2 N–H and O–H groups in total. The molecule has 5 atom stereocenters. The van der Waals surface area contributed by atoms with Gasteiger partial charge in [0.05, 0.1) is 0 Å². The van der Waals surface area contributed by atoms with Crippen LogP contribution in [-0.2, 0) is 4.79 Å². The topological polar surface area (TPSA) is 46.3 Å². The highest BCUT2D eigenvalue weighted by Crippen LogP contribution is 2.43. The van der Waals surface area contributed by atoms with Gasteiger partial charge in [0, 0.05) is 25.0 Å². The van der Waals surface area contributed by atoms with Gasteiger partial charge in [-0.05, 0) is 43.4 Å². The molecule has 1 amide bonds. The van der Waals surface area contributed by atoms with E-state index in [4.69, 9.17) is 5.73 Å². The van der Waals surface area contributed by atoms with Crippen LogP contribution in [0.5, 0.6) is 0 Å². The molecule has 0 bridgehead atoms. The summed E-state index contributed by atoms with van der Waals surface area (Å²) >= 11 is 0. The smallest absolute Gasteiger partial charge is 0.225 e. The highest BCUT2D eigenvalue weighted by molar-refractivity contribution is 5.79. The summed E-state index contributed by atoms with van der Waals surface area (Å²) < 4.78 is 0. The molecule has 5 unspecified atom stereocenters. The van der Waals surface area contributed by atoms with Crippen molar-refractivity contribution in [2.24, 2.45) is 29.4 Å². The average molecular weight is 278 g/mol. The fourth-order valence-corrected chi connectivity index (χ4v) is 4.97. The van der Waals surface area contributed by atoms with E-state index in [2.05, 4.69) is 11.8 Å². The second-order valence-electron chi connectivity index (χ2n) is 7.42. The fourth-order valence-electron chi connectivity index (χ4n) is 4.97. The maximum Gasteiger partial charge on any atom is 0.225 e. The zero-order chi connectivity index (χ0) is 14.1. The highest BCUT2D eigenvalue weighted by Gasteiger charge is 2.40. The third kappa shape index (κ3) is 2.61. The van der Waals surface area contributed by atoms with Crippen molar-refractivity contribution in [1.29, 1.82) is 0 Å². The molecular formula is C17H30N2O. The molecule has 3 nitrogen and oxygen atoms in total. The predicted molar refractivity (Wildman–Crippen MR) is 81.1 cm³/mol. The van der Waals surface area contributed by atoms with Gasteiger partial charge in [0.1, 0.15) is 0 Å². The third-order valence-corrected chi connectivity index (χ3v) is 6.30. The van der Waals surface area contributed by atoms with Crippen molar-refractivity contribution in [3.8, 4) is 0 Å². The van der Waals surface area contributed by atoms with Crippen LogP contribution >= 0.6 is 0 Å². The Kier molecular flexibility index (Phi) is 4.34. The van der Waals surface area contributed by atoms with E-state index in [-0.39, 0.29) is 0 Å². The van der Waals surface area contributed by atoms with E-state index < -0.39 is 0 Å². The van der Waals surface area contributed by atoms with Gasteiger partial charge in [-0.2, -0.15) is 0 Å². The molecule has 20 heavy (non-hydrogen) atoms. The van der Waals surface area contributed by atoms with Gasteiger partial charge in [-0.1, -0.05) is 32.6 Å². The minimum Gasteiger partial charge on any atom is -0.338 e. The Morgan fingerprint density at radius 1 is 1.10 bits per heavy atom. The second-order valence-corrected chi connectivity index (χ2v) is 7.42. The van der Waals surface area contributed by atoms with Crippen LogP contribution in [0.1, 0.15) is 58.3 Å².